The van der Waals surface area contributed by atoms with E-state index in [0.717, 1.165) is 12.0 Å². The number of aromatic amines is 1. The molecule has 0 saturated carbocycles. The number of fused-ring (bicyclic) bond motifs is 1. The topological polar surface area (TPSA) is 79.0 Å². The maximum atomic E-state index is 12.7. The molecule has 0 fully saturated rings. The van der Waals surface area contributed by atoms with Gasteiger partial charge in [-0.3, -0.25) is 0 Å². The molecule has 0 atom stereocenters. The first kappa shape index (κ1) is 13.3. The Kier molecular flexibility index (Phi) is 3.10. The van der Waals surface area contributed by atoms with Crippen LogP contribution in [0.5, 0.6) is 0 Å². The maximum Gasteiger partial charge on any atom is 0.245 e. The molecule has 0 unspecified atom stereocenters. The third kappa shape index (κ3) is 2.03. The fourth-order valence-corrected chi connectivity index (χ4v) is 3.99. The summed E-state index contributed by atoms with van der Waals surface area (Å²) < 4.78 is 27.0. The van der Waals surface area contributed by atoms with Crippen LogP contribution in [-0.4, -0.2) is 40.8 Å². The summed E-state index contributed by atoms with van der Waals surface area (Å²) in [7, 11) is -3.51. The van der Waals surface area contributed by atoms with Crippen LogP contribution in [0.15, 0.2) is 34.8 Å². The molecule has 1 aliphatic rings. The van der Waals surface area contributed by atoms with E-state index in [2.05, 4.69) is 21.9 Å². The second-order valence-corrected chi connectivity index (χ2v) is 6.99. The van der Waals surface area contributed by atoms with E-state index in [4.69, 9.17) is 0 Å². The van der Waals surface area contributed by atoms with Gasteiger partial charge < -0.3 is 4.98 Å². The summed E-state index contributed by atoms with van der Waals surface area (Å²) in [6, 6.07) is 0. The molecule has 1 N–H and O–H groups in total. The van der Waals surface area contributed by atoms with E-state index in [0.29, 0.717) is 24.1 Å². The van der Waals surface area contributed by atoms with Crippen molar-refractivity contribution < 1.29 is 8.42 Å². The molecular weight excluding hydrogens is 276 g/mol. The average Bonchev–Trinajstić information content (AvgIpc) is 2.86. The van der Waals surface area contributed by atoms with Crippen molar-refractivity contribution >= 4 is 21.1 Å². The highest BCUT2D eigenvalue weighted by Crippen LogP contribution is 2.27. The van der Waals surface area contributed by atoms with Crippen molar-refractivity contribution in [3.05, 3.63) is 29.9 Å². The van der Waals surface area contributed by atoms with E-state index in [1.54, 1.807) is 0 Å². The molecule has 0 amide bonds. The predicted molar refractivity (Wildman–Crippen MR) is 75.6 cm³/mol. The zero-order chi connectivity index (χ0) is 14.3. The number of rotatable bonds is 2. The standard InChI is InChI=1S/C13H16N4O2S/c1-9-3-4-17(7-10(9)2)20(18,19)12-6-15-13-11(12)5-14-8-16-13/h5-6,8H,3-4,7H2,1-2H3,(H,14,15,16). The maximum absolute atomic E-state index is 12.7. The zero-order valence-corrected chi connectivity index (χ0v) is 12.2. The molecule has 1 aliphatic heterocycles. The third-order valence-electron chi connectivity index (χ3n) is 3.81. The summed E-state index contributed by atoms with van der Waals surface area (Å²) in [6.07, 6.45) is 5.20. The fraction of sp³-hybridized carbons (Fsp3) is 0.385. The Hall–Kier alpha value is -1.73. The Labute approximate surface area is 117 Å². The first-order valence-electron chi connectivity index (χ1n) is 6.42. The molecule has 106 valence electrons. The first-order valence-corrected chi connectivity index (χ1v) is 7.86. The first-order chi connectivity index (χ1) is 9.50. The number of H-pyrrole nitrogens is 1. The highest BCUT2D eigenvalue weighted by molar-refractivity contribution is 7.89. The number of nitrogens with one attached hydrogen (secondary N) is 1. The second-order valence-electron chi connectivity index (χ2n) is 5.09. The summed E-state index contributed by atoms with van der Waals surface area (Å²) >= 11 is 0. The molecule has 3 heterocycles. The Morgan fingerprint density at radius 2 is 2.10 bits per heavy atom. The molecule has 0 radical (unpaired) electrons. The minimum Gasteiger partial charge on any atom is -0.345 e. The summed E-state index contributed by atoms with van der Waals surface area (Å²) in [6.45, 7) is 5.01. The van der Waals surface area contributed by atoms with Gasteiger partial charge in [0, 0.05) is 25.5 Å². The summed E-state index contributed by atoms with van der Waals surface area (Å²) in [5, 5.41) is 0.538. The predicted octanol–water partition coefficient (Wildman–Crippen LogP) is 1.69. The van der Waals surface area contributed by atoms with Crippen molar-refractivity contribution in [2.24, 2.45) is 0 Å². The lowest BCUT2D eigenvalue weighted by molar-refractivity contribution is 0.421. The largest absolute Gasteiger partial charge is 0.345 e. The molecule has 2 aromatic rings. The normalized spacial score (nSPS) is 17.9. The number of sulfonamides is 1. The molecule has 0 spiro atoms. The number of nitrogens with zero attached hydrogens (tertiary/aromatic N) is 3. The zero-order valence-electron chi connectivity index (χ0n) is 11.4. The Balaban J connectivity index is 2.05. The highest BCUT2D eigenvalue weighted by Gasteiger charge is 2.29. The number of hydrogen-bond acceptors (Lipinski definition) is 4. The summed E-state index contributed by atoms with van der Waals surface area (Å²) in [5.74, 6) is 0. The Bertz CT molecular complexity index is 792. The highest BCUT2D eigenvalue weighted by atomic mass is 32.2. The van der Waals surface area contributed by atoms with Gasteiger partial charge in [0.1, 0.15) is 16.9 Å². The molecule has 0 bridgehead atoms. The van der Waals surface area contributed by atoms with Crippen molar-refractivity contribution in [1.29, 1.82) is 0 Å². The van der Waals surface area contributed by atoms with Gasteiger partial charge in [0.05, 0.1) is 5.39 Å². The van der Waals surface area contributed by atoms with Crippen LogP contribution in [-0.2, 0) is 10.0 Å². The lowest BCUT2D eigenvalue weighted by atomic mass is 10.1. The van der Waals surface area contributed by atoms with E-state index in [1.165, 1.54) is 28.6 Å². The van der Waals surface area contributed by atoms with Crippen LogP contribution in [0, 0.1) is 0 Å². The minimum absolute atomic E-state index is 0.250. The van der Waals surface area contributed by atoms with E-state index in [9.17, 15) is 8.42 Å². The lowest BCUT2D eigenvalue weighted by Crippen LogP contribution is -2.36. The van der Waals surface area contributed by atoms with Crippen molar-refractivity contribution in [1.82, 2.24) is 19.3 Å². The van der Waals surface area contributed by atoms with Crippen molar-refractivity contribution in [3.63, 3.8) is 0 Å². The fourth-order valence-electron chi connectivity index (χ4n) is 2.38. The smallest absolute Gasteiger partial charge is 0.245 e. The number of hydrogen-bond donors (Lipinski definition) is 1. The van der Waals surface area contributed by atoms with Crippen LogP contribution in [0.4, 0.5) is 0 Å². The lowest BCUT2D eigenvalue weighted by Gasteiger charge is -2.27. The van der Waals surface area contributed by atoms with Crippen molar-refractivity contribution in [3.8, 4) is 0 Å². The second kappa shape index (κ2) is 4.68. The molecular formula is C13H16N4O2S. The van der Waals surface area contributed by atoms with Gasteiger partial charge in [-0.15, -0.1) is 0 Å². The van der Waals surface area contributed by atoms with Gasteiger partial charge in [0.15, 0.2) is 0 Å². The van der Waals surface area contributed by atoms with Gasteiger partial charge in [-0.2, -0.15) is 4.31 Å². The van der Waals surface area contributed by atoms with Gasteiger partial charge in [-0.25, -0.2) is 18.4 Å². The molecule has 0 aliphatic carbocycles. The Morgan fingerprint density at radius 3 is 2.85 bits per heavy atom. The Morgan fingerprint density at radius 1 is 1.30 bits per heavy atom. The van der Waals surface area contributed by atoms with Gasteiger partial charge in [0.2, 0.25) is 10.0 Å². The van der Waals surface area contributed by atoms with Crippen LogP contribution in [0.2, 0.25) is 0 Å². The van der Waals surface area contributed by atoms with E-state index in [-0.39, 0.29) is 4.90 Å². The molecule has 20 heavy (non-hydrogen) atoms. The van der Waals surface area contributed by atoms with E-state index in [1.807, 2.05) is 6.92 Å². The SMILES string of the molecule is CC1=C(C)CN(S(=O)(=O)c2c[nH]c3ncncc23)CC1. The van der Waals surface area contributed by atoms with Crippen LogP contribution in [0.1, 0.15) is 20.3 Å². The molecule has 0 aromatic carbocycles. The monoisotopic (exact) mass is 292 g/mol. The number of aromatic nitrogens is 3. The van der Waals surface area contributed by atoms with E-state index < -0.39 is 10.0 Å². The van der Waals surface area contributed by atoms with Gasteiger partial charge in [0.25, 0.3) is 0 Å². The molecule has 3 rings (SSSR count). The third-order valence-corrected chi connectivity index (χ3v) is 5.70. The van der Waals surface area contributed by atoms with E-state index >= 15 is 0 Å². The van der Waals surface area contributed by atoms with Crippen LogP contribution >= 0.6 is 0 Å². The van der Waals surface area contributed by atoms with Crippen molar-refractivity contribution in [2.75, 3.05) is 13.1 Å². The van der Waals surface area contributed by atoms with Gasteiger partial charge in [-0.1, -0.05) is 11.1 Å². The molecule has 7 heteroatoms. The van der Waals surface area contributed by atoms with Gasteiger partial charge in [-0.05, 0) is 20.3 Å². The van der Waals surface area contributed by atoms with Crippen molar-refractivity contribution in [2.45, 2.75) is 25.2 Å². The quantitative estimate of drug-likeness (QED) is 0.854. The van der Waals surface area contributed by atoms with Crippen LogP contribution in [0.25, 0.3) is 11.0 Å². The van der Waals surface area contributed by atoms with Crippen LogP contribution < -0.4 is 0 Å². The van der Waals surface area contributed by atoms with Gasteiger partial charge >= 0.3 is 0 Å². The summed E-state index contributed by atoms with van der Waals surface area (Å²) in [4.78, 5) is 11.1. The molecule has 6 nitrogen and oxygen atoms in total. The molecule has 2 aromatic heterocycles. The summed E-state index contributed by atoms with van der Waals surface area (Å²) in [5.41, 5.74) is 2.94. The average molecular weight is 292 g/mol. The molecule has 0 saturated heterocycles. The van der Waals surface area contributed by atoms with Crippen LogP contribution in [0.3, 0.4) is 0 Å². The minimum atomic E-state index is -3.51.